The number of ether oxygens (including phenoxy) is 2. The highest BCUT2D eigenvalue weighted by atomic mass is 16.8. The molecule has 3 heteroatoms. The lowest BCUT2D eigenvalue weighted by atomic mass is 9.47. The monoisotopic (exact) mass is 370 g/mol. The van der Waals surface area contributed by atoms with E-state index in [1.54, 1.807) is 6.92 Å². The predicted octanol–water partition coefficient (Wildman–Crippen LogP) is 5.20. The maximum atomic E-state index is 12.2. The molecule has 1 aliphatic heterocycles. The fourth-order valence-corrected chi connectivity index (χ4v) is 7.75. The molecule has 0 bridgehead atoms. The van der Waals surface area contributed by atoms with E-state index in [9.17, 15) is 4.79 Å². The van der Waals surface area contributed by atoms with Crippen molar-refractivity contribution in [1.82, 2.24) is 0 Å². The summed E-state index contributed by atoms with van der Waals surface area (Å²) in [5.41, 5.74) is 2.96. The van der Waals surface area contributed by atoms with Crippen molar-refractivity contribution >= 4 is 5.78 Å². The minimum Gasteiger partial charge on any atom is -0.344 e. The quantitative estimate of drug-likeness (QED) is 0.595. The minimum absolute atomic E-state index is 0.0981. The van der Waals surface area contributed by atoms with Crippen LogP contribution in [0.5, 0.6) is 0 Å². The molecule has 0 aromatic carbocycles. The Bertz CT molecular complexity index is 747. The number of carbonyl (C=O) groups is 1. The van der Waals surface area contributed by atoms with Crippen molar-refractivity contribution < 1.29 is 14.3 Å². The molecule has 4 aliphatic carbocycles. The molecule has 27 heavy (non-hydrogen) atoms. The van der Waals surface area contributed by atoms with Gasteiger partial charge in [0, 0.05) is 0 Å². The summed E-state index contributed by atoms with van der Waals surface area (Å²) in [6, 6.07) is 0. The summed E-state index contributed by atoms with van der Waals surface area (Å²) >= 11 is 0. The Morgan fingerprint density at radius 2 is 1.70 bits per heavy atom. The zero-order chi connectivity index (χ0) is 19.2. The van der Waals surface area contributed by atoms with Crippen LogP contribution in [0, 0.1) is 28.6 Å². The van der Waals surface area contributed by atoms with Gasteiger partial charge in [0.25, 0.3) is 0 Å². The molecule has 0 radical (unpaired) electrons. The molecule has 0 unspecified atom stereocenters. The van der Waals surface area contributed by atoms with Gasteiger partial charge < -0.3 is 9.47 Å². The average Bonchev–Trinajstić information content (AvgIpc) is 3.09. The number of fused-ring (bicyclic) bond motifs is 7. The molecule has 5 aliphatic rings. The first kappa shape index (κ1) is 18.1. The van der Waals surface area contributed by atoms with E-state index in [0.29, 0.717) is 17.8 Å². The van der Waals surface area contributed by atoms with Gasteiger partial charge in [0.1, 0.15) is 6.10 Å². The lowest BCUT2D eigenvalue weighted by Gasteiger charge is -2.58. The summed E-state index contributed by atoms with van der Waals surface area (Å²) in [7, 11) is 0. The first-order chi connectivity index (χ1) is 12.7. The Hall–Kier alpha value is -0.930. The first-order valence-corrected chi connectivity index (χ1v) is 10.9. The highest BCUT2D eigenvalue weighted by Gasteiger charge is 2.60. The second-order valence-electron chi connectivity index (χ2n) is 10.7. The summed E-state index contributed by atoms with van der Waals surface area (Å²) in [5.74, 6) is 1.85. The molecule has 0 aromatic rings. The van der Waals surface area contributed by atoms with E-state index < -0.39 is 5.79 Å². The third-order valence-corrected chi connectivity index (χ3v) is 8.92. The molecular formula is C24H34O3. The van der Waals surface area contributed by atoms with Gasteiger partial charge in [-0.1, -0.05) is 26.0 Å². The number of carbonyl (C=O) groups excluding carboxylic acids is 1. The van der Waals surface area contributed by atoms with Crippen molar-refractivity contribution in [3.63, 3.8) is 0 Å². The number of ketones is 1. The topological polar surface area (TPSA) is 35.5 Å². The molecule has 3 nitrogen and oxygen atoms in total. The third kappa shape index (κ3) is 2.37. The van der Waals surface area contributed by atoms with Crippen LogP contribution in [-0.2, 0) is 14.3 Å². The standard InChI is InChI=1S/C24H34O3/c1-14(25)16-8-9-17-15-6-7-19-21-20(26-22(2,3)27-21)11-13-24(19,5)18(15)10-12-23(16,17)4/h7-8,15,17-18,20-21H,6,9-13H2,1-5H3/t15-,17-,18-,20-,21+,23+,24+/m0/s1. The molecule has 0 spiro atoms. The lowest BCUT2D eigenvalue weighted by Crippen LogP contribution is -2.53. The molecule has 0 aromatic heterocycles. The second-order valence-corrected chi connectivity index (χ2v) is 10.7. The molecular weight excluding hydrogens is 336 g/mol. The summed E-state index contributed by atoms with van der Waals surface area (Å²) in [5, 5.41) is 0. The highest BCUT2D eigenvalue weighted by molar-refractivity contribution is 5.95. The Balaban J connectivity index is 1.48. The van der Waals surface area contributed by atoms with E-state index in [4.69, 9.17) is 9.47 Å². The van der Waals surface area contributed by atoms with E-state index in [1.807, 2.05) is 13.8 Å². The highest BCUT2D eigenvalue weighted by Crippen LogP contribution is 2.65. The predicted molar refractivity (Wildman–Crippen MR) is 105 cm³/mol. The van der Waals surface area contributed by atoms with Crippen LogP contribution in [0.15, 0.2) is 23.3 Å². The fourth-order valence-electron chi connectivity index (χ4n) is 7.75. The normalized spacial score (nSPS) is 50.0. The van der Waals surface area contributed by atoms with Crippen LogP contribution >= 0.6 is 0 Å². The van der Waals surface area contributed by atoms with E-state index >= 15 is 0 Å². The van der Waals surface area contributed by atoms with Crippen molar-refractivity contribution in [1.29, 1.82) is 0 Å². The van der Waals surface area contributed by atoms with E-state index in [2.05, 4.69) is 26.0 Å². The Morgan fingerprint density at radius 1 is 0.963 bits per heavy atom. The third-order valence-electron chi connectivity index (χ3n) is 8.92. The van der Waals surface area contributed by atoms with Gasteiger partial charge >= 0.3 is 0 Å². The van der Waals surface area contributed by atoms with Crippen LogP contribution in [0.1, 0.15) is 73.1 Å². The molecule has 5 rings (SSSR count). The van der Waals surface area contributed by atoms with Crippen LogP contribution in [0.3, 0.4) is 0 Å². The van der Waals surface area contributed by atoms with Gasteiger partial charge in [-0.25, -0.2) is 0 Å². The Morgan fingerprint density at radius 3 is 2.44 bits per heavy atom. The van der Waals surface area contributed by atoms with E-state index in [0.717, 1.165) is 31.3 Å². The van der Waals surface area contributed by atoms with Crippen LogP contribution in [0.4, 0.5) is 0 Å². The smallest absolute Gasteiger partial charge is 0.164 e. The molecule has 1 saturated heterocycles. The van der Waals surface area contributed by atoms with Gasteiger partial charge in [-0.3, -0.25) is 4.79 Å². The van der Waals surface area contributed by atoms with Gasteiger partial charge in [-0.2, -0.15) is 0 Å². The van der Waals surface area contributed by atoms with Gasteiger partial charge in [0.05, 0.1) is 6.10 Å². The largest absolute Gasteiger partial charge is 0.344 e. The van der Waals surface area contributed by atoms with Crippen LogP contribution < -0.4 is 0 Å². The zero-order valence-electron chi connectivity index (χ0n) is 17.5. The van der Waals surface area contributed by atoms with Crippen LogP contribution in [0.25, 0.3) is 0 Å². The van der Waals surface area contributed by atoms with Crippen molar-refractivity contribution in [2.75, 3.05) is 0 Å². The fraction of sp³-hybridized carbons (Fsp3) is 0.792. The molecule has 0 N–H and O–H groups in total. The number of hydrogen-bond donors (Lipinski definition) is 0. The SMILES string of the molecule is CC(=O)C1=CC[C@H]2[C@@H]3CC=C4[C@H]5OC(C)(C)O[C@H]5CC[C@]4(C)[C@H]3CC[C@]12C. The van der Waals surface area contributed by atoms with Crippen molar-refractivity contribution in [3.8, 4) is 0 Å². The Kier molecular flexibility index (Phi) is 3.74. The summed E-state index contributed by atoms with van der Waals surface area (Å²) in [6.07, 6.45) is 12.1. The molecule has 7 atom stereocenters. The second kappa shape index (κ2) is 5.57. The summed E-state index contributed by atoms with van der Waals surface area (Å²) in [4.78, 5) is 12.2. The van der Waals surface area contributed by atoms with Crippen molar-refractivity contribution in [2.24, 2.45) is 28.6 Å². The van der Waals surface area contributed by atoms with Gasteiger partial charge in [0.15, 0.2) is 11.6 Å². The summed E-state index contributed by atoms with van der Waals surface area (Å²) < 4.78 is 12.6. The number of allylic oxidation sites excluding steroid dienone is 3. The molecule has 2 saturated carbocycles. The minimum atomic E-state index is -0.463. The maximum Gasteiger partial charge on any atom is 0.164 e. The van der Waals surface area contributed by atoms with Gasteiger partial charge in [-0.15, -0.1) is 0 Å². The van der Waals surface area contributed by atoms with E-state index in [-0.39, 0.29) is 28.8 Å². The first-order valence-electron chi connectivity index (χ1n) is 10.9. The van der Waals surface area contributed by atoms with Crippen LogP contribution in [-0.4, -0.2) is 23.8 Å². The number of rotatable bonds is 1. The number of hydrogen-bond acceptors (Lipinski definition) is 3. The van der Waals surface area contributed by atoms with Gasteiger partial charge in [0.2, 0.25) is 0 Å². The molecule has 148 valence electrons. The van der Waals surface area contributed by atoms with Crippen LogP contribution in [0.2, 0.25) is 0 Å². The molecule has 1 heterocycles. The van der Waals surface area contributed by atoms with Crippen molar-refractivity contribution in [3.05, 3.63) is 23.3 Å². The van der Waals surface area contributed by atoms with E-state index in [1.165, 1.54) is 18.4 Å². The summed E-state index contributed by atoms with van der Waals surface area (Å²) in [6.45, 7) is 10.7. The van der Waals surface area contributed by atoms with Crippen molar-refractivity contribution in [2.45, 2.75) is 91.1 Å². The number of Topliss-reactive ketones (excluding diaryl/α,β-unsaturated/α-hetero) is 1. The average molecular weight is 371 g/mol. The zero-order valence-corrected chi connectivity index (χ0v) is 17.5. The Labute approximate surface area is 163 Å². The maximum absolute atomic E-state index is 12.2. The van der Waals surface area contributed by atoms with Gasteiger partial charge in [-0.05, 0) is 99.0 Å². The molecule has 0 amide bonds. The lowest BCUT2D eigenvalue weighted by molar-refractivity contribution is -0.143. The molecule has 3 fully saturated rings.